The molecule has 0 fully saturated rings. The van der Waals surface area contributed by atoms with E-state index in [0.29, 0.717) is 12.2 Å². The molecule has 1 aromatic carbocycles. The summed E-state index contributed by atoms with van der Waals surface area (Å²) in [6.45, 7) is 5.42. The van der Waals surface area contributed by atoms with E-state index < -0.39 is 0 Å². The molecule has 0 atom stereocenters. The Labute approximate surface area is 119 Å². The van der Waals surface area contributed by atoms with Crippen LogP contribution in [0.5, 0.6) is 0 Å². The third-order valence-electron chi connectivity index (χ3n) is 3.15. The van der Waals surface area contributed by atoms with Gasteiger partial charge in [0, 0.05) is 19.3 Å². The quantitative estimate of drug-likeness (QED) is 0.879. The Balaban J connectivity index is 1.88. The molecule has 0 aliphatic carbocycles. The van der Waals surface area contributed by atoms with Crippen LogP contribution in [0.4, 0.5) is 10.5 Å². The fourth-order valence-electron chi connectivity index (χ4n) is 2.03. The van der Waals surface area contributed by atoms with Crippen molar-refractivity contribution >= 4 is 11.7 Å². The number of nitrogens with one attached hydrogen (secondary N) is 2. The minimum Gasteiger partial charge on any atom is -0.334 e. The molecule has 5 nitrogen and oxygen atoms in total. The van der Waals surface area contributed by atoms with Gasteiger partial charge in [-0.05, 0) is 24.5 Å². The Hall–Kier alpha value is -2.30. The van der Waals surface area contributed by atoms with Gasteiger partial charge in [-0.1, -0.05) is 31.2 Å². The van der Waals surface area contributed by atoms with Gasteiger partial charge < -0.3 is 10.6 Å². The van der Waals surface area contributed by atoms with Crippen LogP contribution in [0.3, 0.4) is 0 Å². The van der Waals surface area contributed by atoms with Gasteiger partial charge in [0.15, 0.2) is 0 Å². The van der Waals surface area contributed by atoms with Crippen molar-refractivity contribution in [3.8, 4) is 0 Å². The van der Waals surface area contributed by atoms with Crippen LogP contribution in [-0.2, 0) is 19.5 Å². The van der Waals surface area contributed by atoms with Crippen LogP contribution >= 0.6 is 0 Å². The molecule has 2 rings (SSSR count). The van der Waals surface area contributed by atoms with Crippen molar-refractivity contribution in [2.45, 2.75) is 33.4 Å². The summed E-state index contributed by atoms with van der Waals surface area (Å²) >= 11 is 0. The summed E-state index contributed by atoms with van der Waals surface area (Å²) in [6, 6.07) is 7.90. The SMILES string of the molecule is CCc1ccccc1CNC(=O)Nc1cnn(CC)c1. The Morgan fingerprint density at radius 3 is 2.65 bits per heavy atom. The summed E-state index contributed by atoms with van der Waals surface area (Å²) in [5, 5.41) is 9.74. The molecule has 0 unspecified atom stereocenters. The molecular formula is C15H20N4O. The molecule has 20 heavy (non-hydrogen) atoms. The molecule has 0 saturated heterocycles. The zero-order valence-electron chi connectivity index (χ0n) is 11.9. The van der Waals surface area contributed by atoms with Gasteiger partial charge in [0.25, 0.3) is 0 Å². The monoisotopic (exact) mass is 272 g/mol. The fourth-order valence-corrected chi connectivity index (χ4v) is 2.03. The summed E-state index contributed by atoms with van der Waals surface area (Å²) in [5.41, 5.74) is 3.11. The standard InChI is InChI=1S/C15H20N4O/c1-3-12-7-5-6-8-13(12)9-16-15(20)18-14-10-17-19(4-2)11-14/h5-8,10-11H,3-4,9H2,1-2H3,(H2,16,18,20). The molecule has 0 radical (unpaired) electrons. The lowest BCUT2D eigenvalue weighted by atomic mass is 10.1. The second kappa shape index (κ2) is 6.75. The van der Waals surface area contributed by atoms with E-state index in [1.807, 2.05) is 25.1 Å². The number of urea groups is 1. The number of hydrogen-bond acceptors (Lipinski definition) is 2. The molecule has 1 aromatic heterocycles. The Morgan fingerprint density at radius 1 is 1.25 bits per heavy atom. The van der Waals surface area contributed by atoms with Gasteiger partial charge in [0.1, 0.15) is 0 Å². The van der Waals surface area contributed by atoms with Crippen molar-refractivity contribution in [1.82, 2.24) is 15.1 Å². The normalized spacial score (nSPS) is 10.3. The van der Waals surface area contributed by atoms with Crippen LogP contribution in [0.15, 0.2) is 36.7 Å². The minimum absolute atomic E-state index is 0.216. The molecule has 1 heterocycles. The molecule has 2 aromatic rings. The summed E-state index contributed by atoms with van der Waals surface area (Å²) in [5.74, 6) is 0. The zero-order valence-corrected chi connectivity index (χ0v) is 11.9. The first-order valence-electron chi connectivity index (χ1n) is 6.87. The maximum absolute atomic E-state index is 11.8. The molecule has 106 valence electrons. The first-order chi connectivity index (χ1) is 9.72. The van der Waals surface area contributed by atoms with Crippen LogP contribution in [0.2, 0.25) is 0 Å². The van der Waals surface area contributed by atoms with E-state index in [0.717, 1.165) is 18.5 Å². The number of carbonyl (C=O) groups is 1. The van der Waals surface area contributed by atoms with Crippen molar-refractivity contribution in [3.63, 3.8) is 0 Å². The van der Waals surface area contributed by atoms with E-state index in [9.17, 15) is 4.79 Å². The second-order valence-corrected chi connectivity index (χ2v) is 4.51. The van der Waals surface area contributed by atoms with Gasteiger partial charge in [-0.25, -0.2) is 4.79 Å². The number of anilines is 1. The highest BCUT2D eigenvalue weighted by Crippen LogP contribution is 2.09. The van der Waals surface area contributed by atoms with E-state index in [2.05, 4.69) is 28.7 Å². The van der Waals surface area contributed by atoms with Gasteiger partial charge in [-0.2, -0.15) is 5.10 Å². The largest absolute Gasteiger partial charge is 0.334 e. The maximum Gasteiger partial charge on any atom is 0.319 e. The lowest BCUT2D eigenvalue weighted by molar-refractivity contribution is 0.251. The number of benzene rings is 1. The van der Waals surface area contributed by atoms with Gasteiger partial charge in [0.2, 0.25) is 0 Å². The van der Waals surface area contributed by atoms with Crippen LogP contribution in [0.1, 0.15) is 25.0 Å². The van der Waals surface area contributed by atoms with Crippen molar-refractivity contribution in [3.05, 3.63) is 47.8 Å². The molecule has 0 saturated carbocycles. The average molecular weight is 272 g/mol. The summed E-state index contributed by atoms with van der Waals surface area (Å²) in [6.07, 6.45) is 4.41. The number of nitrogens with zero attached hydrogens (tertiary/aromatic N) is 2. The predicted molar refractivity (Wildman–Crippen MR) is 79.6 cm³/mol. The van der Waals surface area contributed by atoms with Crippen molar-refractivity contribution in [2.24, 2.45) is 0 Å². The third-order valence-corrected chi connectivity index (χ3v) is 3.15. The number of hydrogen-bond donors (Lipinski definition) is 2. The average Bonchev–Trinajstić information content (AvgIpc) is 2.93. The number of carbonyl (C=O) groups excluding carboxylic acids is 1. The molecule has 0 bridgehead atoms. The molecular weight excluding hydrogens is 252 g/mol. The topological polar surface area (TPSA) is 59.0 Å². The first-order valence-corrected chi connectivity index (χ1v) is 6.87. The van der Waals surface area contributed by atoms with E-state index in [-0.39, 0.29) is 6.03 Å². The number of aromatic nitrogens is 2. The predicted octanol–water partition coefficient (Wildman–Crippen LogP) is 2.79. The lowest BCUT2D eigenvalue weighted by Crippen LogP contribution is -2.28. The zero-order chi connectivity index (χ0) is 14.4. The van der Waals surface area contributed by atoms with Gasteiger partial charge in [0.05, 0.1) is 11.9 Å². The van der Waals surface area contributed by atoms with Gasteiger partial charge >= 0.3 is 6.03 Å². The summed E-state index contributed by atoms with van der Waals surface area (Å²) < 4.78 is 1.77. The first kappa shape index (κ1) is 14.1. The van der Waals surface area contributed by atoms with Crippen LogP contribution < -0.4 is 10.6 Å². The molecule has 0 spiro atoms. The summed E-state index contributed by atoms with van der Waals surface area (Å²) in [7, 11) is 0. The van der Waals surface area contributed by atoms with Crippen LogP contribution in [0.25, 0.3) is 0 Å². The minimum atomic E-state index is -0.216. The molecule has 0 aliphatic rings. The van der Waals surface area contributed by atoms with Gasteiger partial charge in [-0.15, -0.1) is 0 Å². The highest BCUT2D eigenvalue weighted by atomic mass is 16.2. The molecule has 5 heteroatoms. The van der Waals surface area contributed by atoms with Crippen LogP contribution in [-0.4, -0.2) is 15.8 Å². The van der Waals surface area contributed by atoms with E-state index >= 15 is 0 Å². The van der Waals surface area contributed by atoms with E-state index in [4.69, 9.17) is 0 Å². The highest BCUT2D eigenvalue weighted by molar-refractivity contribution is 5.88. The van der Waals surface area contributed by atoms with E-state index in [1.54, 1.807) is 17.1 Å². The third kappa shape index (κ3) is 3.60. The fraction of sp³-hybridized carbons (Fsp3) is 0.333. The maximum atomic E-state index is 11.8. The molecule has 0 aliphatic heterocycles. The molecule has 2 N–H and O–H groups in total. The van der Waals surface area contributed by atoms with Gasteiger partial charge in [-0.3, -0.25) is 4.68 Å². The lowest BCUT2D eigenvalue weighted by Gasteiger charge is -2.09. The number of aryl methyl sites for hydroxylation is 2. The Kier molecular flexibility index (Phi) is 4.76. The number of amides is 2. The van der Waals surface area contributed by atoms with E-state index in [1.165, 1.54) is 5.56 Å². The van der Waals surface area contributed by atoms with Crippen molar-refractivity contribution in [2.75, 3.05) is 5.32 Å². The van der Waals surface area contributed by atoms with Crippen LogP contribution in [0, 0.1) is 0 Å². The highest BCUT2D eigenvalue weighted by Gasteiger charge is 2.05. The Morgan fingerprint density at radius 2 is 2.00 bits per heavy atom. The van der Waals surface area contributed by atoms with Crippen molar-refractivity contribution in [1.29, 1.82) is 0 Å². The summed E-state index contributed by atoms with van der Waals surface area (Å²) in [4.78, 5) is 11.8. The Bertz CT molecular complexity index is 577. The number of rotatable bonds is 5. The smallest absolute Gasteiger partial charge is 0.319 e. The molecule has 2 amide bonds. The van der Waals surface area contributed by atoms with Crippen molar-refractivity contribution < 1.29 is 4.79 Å². The second-order valence-electron chi connectivity index (χ2n) is 4.51.